The summed E-state index contributed by atoms with van der Waals surface area (Å²) in [5.41, 5.74) is 1.97. The highest BCUT2D eigenvalue weighted by Gasteiger charge is 2.31. The Labute approximate surface area is 184 Å². The minimum atomic E-state index is -3.52. The number of rotatable bonds is 8. The average Bonchev–Trinajstić information content (AvgIpc) is 2.79. The monoisotopic (exact) mass is 446 g/mol. The highest BCUT2D eigenvalue weighted by molar-refractivity contribution is 7.89. The summed E-state index contributed by atoms with van der Waals surface area (Å²) in [4.78, 5) is 12.9. The Morgan fingerprint density at radius 3 is 2.35 bits per heavy atom. The van der Waals surface area contributed by atoms with Crippen molar-refractivity contribution >= 4 is 15.9 Å². The Balaban J connectivity index is 1.51. The number of methoxy groups -OCH3 is 2. The van der Waals surface area contributed by atoms with E-state index in [0.717, 1.165) is 22.6 Å². The molecule has 0 aromatic heterocycles. The Kier molecular flexibility index (Phi) is 7.56. The molecule has 1 heterocycles. The first-order valence-electron chi connectivity index (χ1n) is 10.4. The fraction of sp³-hybridized carbons (Fsp3) is 0.435. The summed E-state index contributed by atoms with van der Waals surface area (Å²) in [5, 5.41) is 2.98. The fourth-order valence-electron chi connectivity index (χ4n) is 3.76. The molecule has 1 amide bonds. The molecule has 2 aromatic carbocycles. The van der Waals surface area contributed by atoms with Gasteiger partial charge >= 0.3 is 0 Å². The molecule has 0 aliphatic carbocycles. The van der Waals surface area contributed by atoms with Gasteiger partial charge in [-0.25, -0.2) is 8.42 Å². The van der Waals surface area contributed by atoms with Crippen molar-refractivity contribution in [3.05, 3.63) is 53.6 Å². The third-order valence-electron chi connectivity index (χ3n) is 5.66. The van der Waals surface area contributed by atoms with E-state index in [1.165, 1.54) is 4.31 Å². The largest absolute Gasteiger partial charge is 0.497 e. The third-order valence-corrected chi connectivity index (χ3v) is 7.58. The zero-order chi connectivity index (χ0) is 22.4. The van der Waals surface area contributed by atoms with E-state index in [0.29, 0.717) is 43.8 Å². The van der Waals surface area contributed by atoms with Crippen LogP contribution in [0.15, 0.2) is 47.4 Å². The molecule has 31 heavy (non-hydrogen) atoms. The van der Waals surface area contributed by atoms with Gasteiger partial charge in [0.2, 0.25) is 15.9 Å². The van der Waals surface area contributed by atoms with E-state index < -0.39 is 10.0 Å². The van der Waals surface area contributed by atoms with Crippen molar-refractivity contribution < 1.29 is 22.7 Å². The fourth-order valence-corrected chi connectivity index (χ4v) is 5.23. The molecule has 1 fully saturated rings. The molecule has 1 saturated heterocycles. The lowest BCUT2D eigenvalue weighted by Crippen LogP contribution is -2.43. The van der Waals surface area contributed by atoms with Gasteiger partial charge in [0.1, 0.15) is 11.5 Å². The first-order valence-corrected chi connectivity index (χ1v) is 11.8. The summed E-state index contributed by atoms with van der Waals surface area (Å²) in [6, 6.07) is 12.4. The van der Waals surface area contributed by atoms with Crippen molar-refractivity contribution in [1.29, 1.82) is 0 Å². The van der Waals surface area contributed by atoms with Gasteiger partial charge in [0.15, 0.2) is 0 Å². The molecule has 168 valence electrons. The molecule has 1 aliphatic heterocycles. The number of carbonyl (C=O) groups is 1. The summed E-state index contributed by atoms with van der Waals surface area (Å²) >= 11 is 0. The number of hydrogen-bond acceptors (Lipinski definition) is 5. The Morgan fingerprint density at radius 1 is 1.06 bits per heavy atom. The highest BCUT2D eigenvalue weighted by Crippen LogP contribution is 2.25. The third kappa shape index (κ3) is 5.57. The van der Waals surface area contributed by atoms with E-state index in [4.69, 9.17) is 9.47 Å². The topological polar surface area (TPSA) is 84.9 Å². The normalized spacial score (nSPS) is 15.5. The Hall–Kier alpha value is -2.58. The van der Waals surface area contributed by atoms with Crippen molar-refractivity contribution in [2.45, 2.75) is 31.1 Å². The van der Waals surface area contributed by atoms with E-state index in [-0.39, 0.29) is 11.8 Å². The average molecular weight is 447 g/mol. The number of carbonyl (C=O) groups excluding carboxylic acids is 1. The maximum absolute atomic E-state index is 12.8. The van der Waals surface area contributed by atoms with Crippen LogP contribution in [0.2, 0.25) is 0 Å². The van der Waals surface area contributed by atoms with Gasteiger partial charge in [-0.15, -0.1) is 0 Å². The maximum Gasteiger partial charge on any atom is 0.243 e. The van der Waals surface area contributed by atoms with Gasteiger partial charge in [-0.3, -0.25) is 4.79 Å². The van der Waals surface area contributed by atoms with Gasteiger partial charge in [0.05, 0.1) is 19.1 Å². The van der Waals surface area contributed by atoms with Gasteiger partial charge in [-0.2, -0.15) is 4.31 Å². The van der Waals surface area contributed by atoms with Crippen LogP contribution in [0.25, 0.3) is 0 Å². The van der Waals surface area contributed by atoms with E-state index in [1.807, 2.05) is 25.1 Å². The van der Waals surface area contributed by atoms with Crippen molar-refractivity contribution in [1.82, 2.24) is 9.62 Å². The second-order valence-corrected chi connectivity index (χ2v) is 9.65. The van der Waals surface area contributed by atoms with Crippen LogP contribution in [0.1, 0.15) is 24.0 Å². The summed E-state index contributed by atoms with van der Waals surface area (Å²) in [7, 11) is -0.296. The van der Waals surface area contributed by atoms with Gasteiger partial charge in [0.25, 0.3) is 0 Å². The summed E-state index contributed by atoms with van der Waals surface area (Å²) in [5.74, 6) is 1.28. The second-order valence-electron chi connectivity index (χ2n) is 7.71. The van der Waals surface area contributed by atoms with Gasteiger partial charge in [0, 0.05) is 25.6 Å². The standard InChI is InChI=1S/C23H30N2O5S/c1-17-4-7-21(8-5-17)31(27,28)25-14-11-18(12-15-25)23(26)24-13-10-19-16-20(29-2)6-9-22(19)30-3/h4-9,16,18H,10-15H2,1-3H3,(H,24,26). The smallest absolute Gasteiger partial charge is 0.243 e. The molecule has 0 atom stereocenters. The predicted octanol–water partition coefficient (Wildman–Crippen LogP) is 2.77. The number of ether oxygens (including phenoxy) is 2. The lowest BCUT2D eigenvalue weighted by Gasteiger charge is -2.30. The highest BCUT2D eigenvalue weighted by atomic mass is 32.2. The molecular formula is C23H30N2O5S. The molecule has 0 saturated carbocycles. The molecule has 0 unspecified atom stereocenters. The number of aryl methyl sites for hydroxylation is 1. The maximum atomic E-state index is 12.8. The molecular weight excluding hydrogens is 416 g/mol. The number of sulfonamides is 1. The number of nitrogens with zero attached hydrogens (tertiary/aromatic N) is 1. The zero-order valence-electron chi connectivity index (χ0n) is 18.3. The number of amides is 1. The van der Waals surface area contributed by atoms with Gasteiger partial charge in [-0.1, -0.05) is 17.7 Å². The van der Waals surface area contributed by atoms with E-state index in [1.54, 1.807) is 38.5 Å². The van der Waals surface area contributed by atoms with Crippen LogP contribution in [0.4, 0.5) is 0 Å². The van der Waals surface area contributed by atoms with E-state index in [2.05, 4.69) is 5.32 Å². The lowest BCUT2D eigenvalue weighted by molar-refractivity contribution is -0.126. The summed E-state index contributed by atoms with van der Waals surface area (Å²) < 4.78 is 37.7. The minimum Gasteiger partial charge on any atom is -0.497 e. The summed E-state index contributed by atoms with van der Waals surface area (Å²) in [6.45, 7) is 3.09. The molecule has 1 aliphatic rings. The Bertz CT molecular complexity index is 997. The number of hydrogen-bond donors (Lipinski definition) is 1. The number of piperidine rings is 1. The van der Waals surface area contributed by atoms with Crippen LogP contribution >= 0.6 is 0 Å². The molecule has 0 bridgehead atoms. The predicted molar refractivity (Wildman–Crippen MR) is 119 cm³/mol. The van der Waals surface area contributed by atoms with Crippen molar-refractivity contribution in [3.8, 4) is 11.5 Å². The van der Waals surface area contributed by atoms with E-state index in [9.17, 15) is 13.2 Å². The van der Waals surface area contributed by atoms with Crippen molar-refractivity contribution in [2.75, 3.05) is 33.9 Å². The van der Waals surface area contributed by atoms with Crippen LogP contribution in [-0.4, -0.2) is 52.5 Å². The van der Waals surface area contributed by atoms with Crippen LogP contribution in [0.5, 0.6) is 11.5 Å². The Morgan fingerprint density at radius 2 is 1.74 bits per heavy atom. The second kappa shape index (κ2) is 10.2. The molecule has 2 aromatic rings. The molecule has 7 nitrogen and oxygen atoms in total. The molecule has 0 radical (unpaired) electrons. The zero-order valence-corrected chi connectivity index (χ0v) is 19.1. The minimum absolute atomic E-state index is 0.0331. The van der Waals surface area contributed by atoms with Crippen molar-refractivity contribution in [2.24, 2.45) is 5.92 Å². The van der Waals surface area contributed by atoms with Crippen LogP contribution in [0, 0.1) is 12.8 Å². The van der Waals surface area contributed by atoms with Crippen molar-refractivity contribution in [3.63, 3.8) is 0 Å². The molecule has 1 N–H and O–H groups in total. The number of benzene rings is 2. The quantitative estimate of drug-likeness (QED) is 0.674. The summed E-state index contributed by atoms with van der Waals surface area (Å²) in [6.07, 6.45) is 1.64. The van der Waals surface area contributed by atoms with Gasteiger partial charge < -0.3 is 14.8 Å². The lowest BCUT2D eigenvalue weighted by atomic mass is 9.97. The van der Waals surface area contributed by atoms with E-state index >= 15 is 0 Å². The number of nitrogens with one attached hydrogen (secondary N) is 1. The molecule has 0 spiro atoms. The first-order chi connectivity index (χ1) is 14.8. The van der Waals surface area contributed by atoms with Crippen LogP contribution in [-0.2, 0) is 21.2 Å². The molecule has 3 rings (SSSR count). The first kappa shape index (κ1) is 23.1. The van der Waals surface area contributed by atoms with Crippen LogP contribution < -0.4 is 14.8 Å². The SMILES string of the molecule is COc1ccc(OC)c(CCNC(=O)C2CCN(S(=O)(=O)c3ccc(C)cc3)CC2)c1. The van der Waals surface area contributed by atoms with Gasteiger partial charge in [-0.05, 0) is 62.1 Å². The molecule has 8 heteroatoms. The van der Waals surface area contributed by atoms with Crippen LogP contribution in [0.3, 0.4) is 0 Å².